The van der Waals surface area contributed by atoms with E-state index in [1.54, 1.807) is 0 Å². The second-order valence-electron chi connectivity index (χ2n) is 3.07. The topological polar surface area (TPSA) is 66.4 Å². The Morgan fingerprint density at radius 2 is 2.06 bits per heavy atom. The molecule has 1 amide bonds. The lowest BCUT2D eigenvalue weighted by Gasteiger charge is -2.05. The molecule has 4 nitrogen and oxygen atoms in total. The molecule has 1 rings (SSSR count). The second-order valence-corrected chi connectivity index (χ2v) is 3.50. The lowest BCUT2D eigenvalue weighted by molar-refractivity contribution is -0.138. The zero-order valence-corrected chi connectivity index (χ0v) is 8.92. The van der Waals surface area contributed by atoms with E-state index >= 15 is 0 Å². The molecule has 6 heteroatoms. The van der Waals surface area contributed by atoms with Crippen molar-refractivity contribution >= 4 is 29.2 Å². The molecule has 86 valence electrons. The van der Waals surface area contributed by atoms with Crippen molar-refractivity contribution in [2.45, 2.75) is 12.8 Å². The fourth-order valence-corrected chi connectivity index (χ4v) is 1.18. The number of aliphatic carboxylic acids is 1. The number of carboxylic acid groups (broad SMARTS) is 1. The zero-order chi connectivity index (χ0) is 12.1. The van der Waals surface area contributed by atoms with Crippen LogP contribution in [-0.2, 0) is 9.59 Å². The van der Waals surface area contributed by atoms with Crippen LogP contribution in [0.25, 0.3) is 0 Å². The van der Waals surface area contributed by atoms with Gasteiger partial charge in [0.1, 0.15) is 5.82 Å². The van der Waals surface area contributed by atoms with Crippen molar-refractivity contribution < 1.29 is 19.1 Å². The first-order chi connectivity index (χ1) is 7.49. The summed E-state index contributed by atoms with van der Waals surface area (Å²) in [5.74, 6) is -2.29. The number of carbonyl (C=O) groups excluding carboxylic acids is 1. The van der Waals surface area contributed by atoms with Crippen LogP contribution in [0.15, 0.2) is 18.2 Å². The van der Waals surface area contributed by atoms with E-state index in [2.05, 4.69) is 5.32 Å². The molecule has 16 heavy (non-hydrogen) atoms. The van der Waals surface area contributed by atoms with Gasteiger partial charge in [0, 0.05) is 11.4 Å². The maximum atomic E-state index is 13.2. The number of anilines is 1. The SMILES string of the molecule is O=C(O)CCC(=O)Nc1ccc(Cl)cc1F. The fourth-order valence-electron chi connectivity index (χ4n) is 1.02. The van der Waals surface area contributed by atoms with Gasteiger partial charge in [0.25, 0.3) is 0 Å². The summed E-state index contributed by atoms with van der Waals surface area (Å²) in [6, 6.07) is 3.81. The molecular formula is C10H9ClFNO3. The van der Waals surface area contributed by atoms with E-state index in [9.17, 15) is 14.0 Å². The predicted molar refractivity (Wildman–Crippen MR) is 56.9 cm³/mol. The molecule has 0 atom stereocenters. The molecule has 0 heterocycles. The first-order valence-corrected chi connectivity index (χ1v) is 4.83. The van der Waals surface area contributed by atoms with Crippen LogP contribution < -0.4 is 5.32 Å². The molecule has 0 aliphatic carbocycles. The summed E-state index contributed by atoms with van der Waals surface area (Å²) in [6.45, 7) is 0. The van der Waals surface area contributed by atoms with E-state index in [0.29, 0.717) is 0 Å². The Hall–Kier alpha value is -1.62. The molecular weight excluding hydrogens is 237 g/mol. The molecule has 0 unspecified atom stereocenters. The first-order valence-electron chi connectivity index (χ1n) is 4.45. The molecule has 0 bridgehead atoms. The number of halogens is 2. The van der Waals surface area contributed by atoms with E-state index in [-0.39, 0.29) is 23.6 Å². The normalized spacial score (nSPS) is 9.88. The first kappa shape index (κ1) is 12.4. The Morgan fingerprint density at radius 1 is 1.38 bits per heavy atom. The van der Waals surface area contributed by atoms with E-state index in [4.69, 9.17) is 16.7 Å². The minimum atomic E-state index is -1.08. The predicted octanol–water partition coefficient (Wildman–Crippen LogP) is 2.28. The van der Waals surface area contributed by atoms with Crippen LogP contribution in [0.3, 0.4) is 0 Å². The van der Waals surface area contributed by atoms with Crippen molar-refractivity contribution in [1.82, 2.24) is 0 Å². The Labute approximate surface area is 96.0 Å². The van der Waals surface area contributed by atoms with Gasteiger partial charge in [0.2, 0.25) is 5.91 Å². The Balaban J connectivity index is 2.59. The summed E-state index contributed by atoms with van der Waals surface area (Å²) >= 11 is 5.53. The summed E-state index contributed by atoms with van der Waals surface area (Å²) in [6.07, 6.45) is -0.488. The van der Waals surface area contributed by atoms with Crippen molar-refractivity contribution in [3.05, 3.63) is 29.0 Å². The average molecular weight is 246 g/mol. The minimum Gasteiger partial charge on any atom is -0.481 e. The van der Waals surface area contributed by atoms with Gasteiger partial charge < -0.3 is 10.4 Å². The van der Waals surface area contributed by atoms with Gasteiger partial charge in [0.15, 0.2) is 0 Å². The van der Waals surface area contributed by atoms with E-state index in [0.717, 1.165) is 6.07 Å². The number of rotatable bonds is 4. The molecule has 0 radical (unpaired) electrons. The highest BCUT2D eigenvalue weighted by Gasteiger charge is 2.08. The molecule has 0 fully saturated rings. The smallest absolute Gasteiger partial charge is 0.303 e. The average Bonchev–Trinajstić information content (AvgIpc) is 2.19. The van der Waals surface area contributed by atoms with Gasteiger partial charge >= 0.3 is 5.97 Å². The van der Waals surface area contributed by atoms with Gasteiger partial charge in [-0.3, -0.25) is 9.59 Å². The van der Waals surface area contributed by atoms with Gasteiger partial charge in [-0.05, 0) is 18.2 Å². The molecule has 0 aliphatic rings. The monoisotopic (exact) mass is 245 g/mol. The van der Waals surface area contributed by atoms with Crippen molar-refractivity contribution in [2.24, 2.45) is 0 Å². The highest BCUT2D eigenvalue weighted by molar-refractivity contribution is 6.30. The summed E-state index contributed by atoms with van der Waals surface area (Å²) in [5, 5.41) is 10.8. The van der Waals surface area contributed by atoms with E-state index in [1.165, 1.54) is 12.1 Å². The number of carboxylic acids is 1. The van der Waals surface area contributed by atoms with Gasteiger partial charge in [-0.15, -0.1) is 0 Å². The lowest BCUT2D eigenvalue weighted by Crippen LogP contribution is -2.14. The summed E-state index contributed by atoms with van der Waals surface area (Å²) < 4.78 is 13.2. The molecule has 0 aromatic heterocycles. The van der Waals surface area contributed by atoms with Crippen LogP contribution in [0.5, 0.6) is 0 Å². The highest BCUT2D eigenvalue weighted by Crippen LogP contribution is 2.18. The number of nitrogens with one attached hydrogen (secondary N) is 1. The van der Waals surface area contributed by atoms with Crippen LogP contribution in [0.1, 0.15) is 12.8 Å². The number of carbonyl (C=O) groups is 2. The number of benzene rings is 1. The van der Waals surface area contributed by atoms with Crippen LogP contribution in [0.4, 0.5) is 10.1 Å². The fraction of sp³-hybridized carbons (Fsp3) is 0.200. The van der Waals surface area contributed by atoms with Gasteiger partial charge in [-0.25, -0.2) is 4.39 Å². The Morgan fingerprint density at radius 3 is 2.62 bits per heavy atom. The summed E-state index contributed by atoms with van der Waals surface area (Å²) in [5.41, 5.74) is -0.0141. The Bertz CT molecular complexity index is 423. The van der Waals surface area contributed by atoms with Gasteiger partial charge in [-0.1, -0.05) is 11.6 Å². The third kappa shape index (κ3) is 3.86. The van der Waals surface area contributed by atoms with Crippen molar-refractivity contribution in [2.75, 3.05) is 5.32 Å². The molecule has 1 aromatic rings. The summed E-state index contributed by atoms with van der Waals surface area (Å²) in [4.78, 5) is 21.4. The van der Waals surface area contributed by atoms with Crippen LogP contribution in [0, 0.1) is 5.82 Å². The molecule has 0 saturated heterocycles. The quantitative estimate of drug-likeness (QED) is 0.855. The number of hydrogen-bond donors (Lipinski definition) is 2. The molecule has 2 N–H and O–H groups in total. The molecule has 0 saturated carbocycles. The standard InChI is InChI=1S/C10H9ClFNO3/c11-6-1-2-8(7(12)5-6)13-9(14)3-4-10(15)16/h1-2,5H,3-4H2,(H,13,14)(H,15,16). The molecule has 0 aliphatic heterocycles. The molecule has 0 spiro atoms. The van der Waals surface area contributed by atoms with Gasteiger partial charge in [0.05, 0.1) is 12.1 Å². The minimum absolute atomic E-state index is 0.0141. The number of amides is 1. The van der Waals surface area contributed by atoms with Crippen molar-refractivity contribution in [3.63, 3.8) is 0 Å². The lowest BCUT2D eigenvalue weighted by atomic mass is 10.2. The second kappa shape index (κ2) is 5.46. The maximum Gasteiger partial charge on any atom is 0.303 e. The van der Waals surface area contributed by atoms with Crippen LogP contribution in [0.2, 0.25) is 5.02 Å². The zero-order valence-electron chi connectivity index (χ0n) is 8.17. The van der Waals surface area contributed by atoms with Gasteiger partial charge in [-0.2, -0.15) is 0 Å². The summed E-state index contributed by atoms with van der Waals surface area (Å²) in [7, 11) is 0. The maximum absolute atomic E-state index is 13.2. The van der Waals surface area contributed by atoms with E-state index in [1.807, 2.05) is 0 Å². The van der Waals surface area contributed by atoms with E-state index < -0.39 is 17.7 Å². The highest BCUT2D eigenvalue weighted by atomic mass is 35.5. The van der Waals surface area contributed by atoms with Crippen LogP contribution in [-0.4, -0.2) is 17.0 Å². The molecule has 1 aromatic carbocycles. The largest absolute Gasteiger partial charge is 0.481 e. The number of hydrogen-bond acceptors (Lipinski definition) is 2. The van der Waals surface area contributed by atoms with Crippen molar-refractivity contribution in [3.8, 4) is 0 Å². The third-order valence-corrected chi connectivity index (χ3v) is 2.01. The van der Waals surface area contributed by atoms with Crippen molar-refractivity contribution in [1.29, 1.82) is 0 Å². The van der Waals surface area contributed by atoms with Crippen LogP contribution >= 0.6 is 11.6 Å². The Kier molecular flexibility index (Phi) is 4.25. The third-order valence-electron chi connectivity index (χ3n) is 1.77.